The van der Waals surface area contributed by atoms with E-state index in [0.29, 0.717) is 5.92 Å². The Hall–Kier alpha value is -1.56. The number of aryl methyl sites for hydroxylation is 2. The van der Waals surface area contributed by atoms with Gasteiger partial charge in [-0.05, 0) is 46.5 Å². The quantitative estimate of drug-likeness (QED) is 0.896. The largest absolute Gasteiger partial charge is 0.381 e. The molecule has 1 fully saturated rings. The molecule has 0 saturated carbocycles. The van der Waals surface area contributed by atoms with Crippen molar-refractivity contribution in [3.63, 3.8) is 0 Å². The van der Waals surface area contributed by atoms with Crippen molar-refractivity contribution in [3.05, 3.63) is 11.4 Å². The molecule has 6 heteroatoms. The maximum Gasteiger partial charge on any atom is 0.319 e. The maximum atomic E-state index is 12.2. The lowest BCUT2D eigenvalue weighted by molar-refractivity contribution is 0.0573. The first-order chi connectivity index (χ1) is 10.0. The van der Waals surface area contributed by atoms with E-state index >= 15 is 0 Å². The van der Waals surface area contributed by atoms with Crippen LogP contribution in [0.15, 0.2) is 0 Å². The van der Waals surface area contributed by atoms with Gasteiger partial charge in [0.05, 0.1) is 17.1 Å². The summed E-state index contributed by atoms with van der Waals surface area (Å²) in [4.78, 5) is 12.2. The molecule has 0 spiro atoms. The lowest BCUT2D eigenvalue weighted by Crippen LogP contribution is -2.42. The Kier molecular flexibility index (Phi) is 5.22. The standard InChI is InChI=1S/C15H26N4O2/c1-5-19-12(4)14(11(3)18-19)17-15(20)16-10(2)13-6-8-21-9-7-13/h10,13H,5-9H2,1-4H3,(H2,16,17,20). The highest BCUT2D eigenvalue weighted by Crippen LogP contribution is 2.21. The molecule has 1 atom stereocenters. The van der Waals surface area contributed by atoms with Gasteiger partial charge in [0.15, 0.2) is 0 Å². The predicted molar refractivity (Wildman–Crippen MR) is 82.5 cm³/mol. The average Bonchev–Trinajstić information content (AvgIpc) is 2.75. The molecule has 2 heterocycles. The first kappa shape index (κ1) is 15.8. The molecule has 1 aromatic rings. The van der Waals surface area contributed by atoms with Crippen LogP contribution in [0.3, 0.4) is 0 Å². The Labute approximate surface area is 126 Å². The third-order valence-corrected chi connectivity index (χ3v) is 4.25. The zero-order valence-corrected chi connectivity index (χ0v) is 13.4. The van der Waals surface area contributed by atoms with Crippen LogP contribution in [0.1, 0.15) is 38.1 Å². The summed E-state index contributed by atoms with van der Waals surface area (Å²) in [6, 6.07) is -0.00780. The molecule has 1 aromatic heterocycles. The van der Waals surface area contributed by atoms with Gasteiger partial charge in [0.2, 0.25) is 0 Å². The number of ether oxygens (including phenoxy) is 1. The molecule has 6 nitrogen and oxygen atoms in total. The zero-order chi connectivity index (χ0) is 15.4. The van der Waals surface area contributed by atoms with Crippen LogP contribution >= 0.6 is 0 Å². The zero-order valence-electron chi connectivity index (χ0n) is 13.4. The summed E-state index contributed by atoms with van der Waals surface area (Å²) in [6.07, 6.45) is 2.01. The van der Waals surface area contributed by atoms with E-state index in [2.05, 4.69) is 22.7 Å². The molecule has 0 aromatic carbocycles. The van der Waals surface area contributed by atoms with Gasteiger partial charge < -0.3 is 15.4 Å². The van der Waals surface area contributed by atoms with E-state index < -0.39 is 0 Å². The van der Waals surface area contributed by atoms with Crippen molar-refractivity contribution < 1.29 is 9.53 Å². The van der Waals surface area contributed by atoms with Crippen LogP contribution in [-0.4, -0.2) is 35.1 Å². The number of nitrogens with one attached hydrogen (secondary N) is 2. The summed E-state index contributed by atoms with van der Waals surface area (Å²) in [7, 11) is 0. The van der Waals surface area contributed by atoms with E-state index in [0.717, 1.165) is 49.7 Å². The van der Waals surface area contributed by atoms with Gasteiger partial charge in [-0.15, -0.1) is 0 Å². The Morgan fingerprint density at radius 3 is 2.67 bits per heavy atom. The lowest BCUT2D eigenvalue weighted by atomic mass is 9.93. The van der Waals surface area contributed by atoms with Crippen molar-refractivity contribution in [2.45, 2.75) is 53.1 Å². The third-order valence-electron chi connectivity index (χ3n) is 4.25. The average molecular weight is 294 g/mol. The summed E-state index contributed by atoms with van der Waals surface area (Å²) in [5.74, 6) is 0.491. The van der Waals surface area contributed by atoms with Crippen molar-refractivity contribution in [1.29, 1.82) is 0 Å². The van der Waals surface area contributed by atoms with E-state index in [9.17, 15) is 4.79 Å². The summed E-state index contributed by atoms with van der Waals surface area (Å²) in [6.45, 7) is 10.4. The second-order valence-corrected chi connectivity index (χ2v) is 5.70. The predicted octanol–water partition coefficient (Wildman–Crippen LogP) is 2.46. The molecular formula is C15H26N4O2. The van der Waals surface area contributed by atoms with Gasteiger partial charge in [-0.1, -0.05) is 0 Å². The summed E-state index contributed by atoms with van der Waals surface area (Å²) in [5.41, 5.74) is 2.65. The molecule has 118 valence electrons. The van der Waals surface area contributed by atoms with Crippen LogP contribution < -0.4 is 10.6 Å². The molecular weight excluding hydrogens is 268 g/mol. The van der Waals surface area contributed by atoms with E-state index in [1.807, 2.05) is 25.5 Å². The monoisotopic (exact) mass is 294 g/mol. The van der Waals surface area contributed by atoms with Crippen molar-refractivity contribution in [3.8, 4) is 0 Å². The van der Waals surface area contributed by atoms with E-state index in [-0.39, 0.29) is 12.1 Å². The third kappa shape index (κ3) is 3.75. The molecule has 1 aliphatic heterocycles. The summed E-state index contributed by atoms with van der Waals surface area (Å²) < 4.78 is 7.25. The van der Waals surface area contributed by atoms with Crippen molar-refractivity contribution in [2.75, 3.05) is 18.5 Å². The van der Waals surface area contributed by atoms with Gasteiger partial charge in [0.25, 0.3) is 0 Å². The van der Waals surface area contributed by atoms with Crippen LogP contribution in [0.25, 0.3) is 0 Å². The maximum absolute atomic E-state index is 12.2. The number of amides is 2. The topological polar surface area (TPSA) is 68.2 Å². The molecule has 2 rings (SSSR count). The second kappa shape index (κ2) is 6.93. The van der Waals surface area contributed by atoms with Gasteiger partial charge in [-0.3, -0.25) is 4.68 Å². The van der Waals surface area contributed by atoms with Gasteiger partial charge in [-0.2, -0.15) is 5.10 Å². The number of hydrogen-bond acceptors (Lipinski definition) is 3. The number of rotatable bonds is 4. The fraction of sp³-hybridized carbons (Fsp3) is 0.733. The van der Waals surface area contributed by atoms with Crippen LogP contribution in [0.5, 0.6) is 0 Å². The normalized spacial score (nSPS) is 17.5. The Morgan fingerprint density at radius 1 is 1.43 bits per heavy atom. The number of urea groups is 1. The Bertz CT molecular complexity index is 492. The number of nitrogens with zero attached hydrogens (tertiary/aromatic N) is 2. The van der Waals surface area contributed by atoms with Crippen molar-refractivity contribution >= 4 is 11.7 Å². The number of anilines is 1. The molecule has 1 unspecified atom stereocenters. The first-order valence-corrected chi connectivity index (χ1v) is 7.72. The fourth-order valence-electron chi connectivity index (χ4n) is 2.88. The molecule has 0 aliphatic carbocycles. The highest BCUT2D eigenvalue weighted by Gasteiger charge is 2.22. The number of carbonyl (C=O) groups excluding carboxylic acids is 1. The SMILES string of the molecule is CCn1nc(C)c(NC(=O)NC(C)C2CCOCC2)c1C. The molecule has 0 bridgehead atoms. The second-order valence-electron chi connectivity index (χ2n) is 5.70. The summed E-state index contributed by atoms with van der Waals surface area (Å²) in [5, 5.41) is 10.4. The van der Waals surface area contributed by atoms with Gasteiger partial charge in [0, 0.05) is 25.8 Å². The van der Waals surface area contributed by atoms with E-state index in [1.165, 1.54) is 0 Å². The number of hydrogen-bond donors (Lipinski definition) is 2. The van der Waals surface area contributed by atoms with Crippen LogP contribution in [0, 0.1) is 19.8 Å². The Balaban J connectivity index is 1.93. The fourth-order valence-corrected chi connectivity index (χ4v) is 2.88. The van der Waals surface area contributed by atoms with Crippen LogP contribution in [0.4, 0.5) is 10.5 Å². The van der Waals surface area contributed by atoms with Gasteiger partial charge in [-0.25, -0.2) is 4.79 Å². The smallest absolute Gasteiger partial charge is 0.319 e. The molecule has 1 saturated heterocycles. The van der Waals surface area contributed by atoms with Crippen molar-refractivity contribution in [2.24, 2.45) is 5.92 Å². The van der Waals surface area contributed by atoms with Crippen molar-refractivity contribution in [1.82, 2.24) is 15.1 Å². The van der Waals surface area contributed by atoms with Crippen LogP contribution in [-0.2, 0) is 11.3 Å². The molecule has 2 amide bonds. The van der Waals surface area contributed by atoms with Crippen LogP contribution in [0.2, 0.25) is 0 Å². The minimum absolute atomic E-state index is 0.149. The minimum Gasteiger partial charge on any atom is -0.381 e. The summed E-state index contributed by atoms with van der Waals surface area (Å²) >= 11 is 0. The molecule has 21 heavy (non-hydrogen) atoms. The molecule has 0 radical (unpaired) electrons. The van der Waals surface area contributed by atoms with E-state index in [4.69, 9.17) is 4.74 Å². The Morgan fingerprint density at radius 2 is 2.10 bits per heavy atom. The first-order valence-electron chi connectivity index (χ1n) is 7.72. The highest BCUT2D eigenvalue weighted by atomic mass is 16.5. The number of aromatic nitrogens is 2. The van der Waals surface area contributed by atoms with Gasteiger partial charge in [0.1, 0.15) is 0 Å². The molecule has 1 aliphatic rings. The number of carbonyl (C=O) groups is 1. The lowest BCUT2D eigenvalue weighted by Gasteiger charge is -2.28. The highest BCUT2D eigenvalue weighted by molar-refractivity contribution is 5.90. The van der Waals surface area contributed by atoms with E-state index in [1.54, 1.807) is 0 Å². The minimum atomic E-state index is -0.157. The molecule has 2 N–H and O–H groups in total. The van der Waals surface area contributed by atoms with Gasteiger partial charge >= 0.3 is 6.03 Å².